The minimum absolute atomic E-state index is 0.000648. The number of methoxy groups -OCH3 is 1. The molecule has 19 heavy (non-hydrogen) atoms. The molecular weight excluding hydrogens is 276 g/mol. The van der Waals surface area contributed by atoms with Crippen molar-refractivity contribution in [2.75, 3.05) is 13.7 Å². The van der Waals surface area contributed by atoms with Crippen LogP contribution in [0.25, 0.3) is 0 Å². The maximum atomic E-state index is 11.7. The average molecular weight is 288 g/mol. The van der Waals surface area contributed by atoms with Crippen molar-refractivity contribution in [1.82, 2.24) is 9.71 Å². The first kappa shape index (κ1) is 15.1. The van der Waals surface area contributed by atoms with Crippen LogP contribution >= 0.6 is 0 Å². The van der Waals surface area contributed by atoms with Crippen LogP contribution in [0.2, 0.25) is 0 Å². The van der Waals surface area contributed by atoms with Crippen LogP contribution in [0.1, 0.15) is 16.1 Å². The van der Waals surface area contributed by atoms with Crippen LogP contribution in [-0.4, -0.2) is 44.1 Å². The van der Waals surface area contributed by atoms with Crippen LogP contribution < -0.4 is 4.72 Å². The Labute approximate surface area is 109 Å². The molecule has 1 rings (SSSR count). The molecule has 2 N–H and O–H groups in total. The fourth-order valence-electron chi connectivity index (χ4n) is 1.22. The summed E-state index contributed by atoms with van der Waals surface area (Å²) in [4.78, 5) is 25.2. The van der Waals surface area contributed by atoms with Crippen molar-refractivity contribution < 1.29 is 27.9 Å². The van der Waals surface area contributed by atoms with Crippen LogP contribution in [0, 0.1) is 6.92 Å². The number of sulfonamides is 1. The van der Waals surface area contributed by atoms with E-state index < -0.39 is 28.5 Å². The SMILES string of the molecule is COC(=O)c1cc(S(=O)(=O)NCC(=O)O)cnc1C. The Kier molecular flexibility index (Phi) is 4.57. The molecule has 0 aliphatic rings. The van der Waals surface area contributed by atoms with Crippen molar-refractivity contribution in [1.29, 1.82) is 0 Å². The zero-order valence-electron chi connectivity index (χ0n) is 10.2. The fourth-order valence-corrected chi connectivity index (χ4v) is 2.16. The van der Waals surface area contributed by atoms with Crippen molar-refractivity contribution in [3.05, 3.63) is 23.5 Å². The van der Waals surface area contributed by atoms with Gasteiger partial charge in [-0.3, -0.25) is 9.78 Å². The highest BCUT2D eigenvalue weighted by atomic mass is 32.2. The normalized spacial score (nSPS) is 11.1. The van der Waals surface area contributed by atoms with Crippen molar-refractivity contribution in [2.45, 2.75) is 11.8 Å². The van der Waals surface area contributed by atoms with Gasteiger partial charge in [-0.05, 0) is 13.0 Å². The molecule has 0 amide bonds. The number of hydrogen-bond donors (Lipinski definition) is 2. The third kappa shape index (κ3) is 3.73. The highest BCUT2D eigenvalue weighted by molar-refractivity contribution is 7.89. The molecule has 0 saturated carbocycles. The summed E-state index contributed by atoms with van der Waals surface area (Å²) in [6.45, 7) is 0.761. The maximum absolute atomic E-state index is 11.7. The highest BCUT2D eigenvalue weighted by Crippen LogP contribution is 2.13. The van der Waals surface area contributed by atoms with Gasteiger partial charge in [0.2, 0.25) is 10.0 Å². The van der Waals surface area contributed by atoms with Gasteiger partial charge < -0.3 is 9.84 Å². The van der Waals surface area contributed by atoms with Crippen LogP contribution in [0.3, 0.4) is 0 Å². The molecule has 0 bridgehead atoms. The van der Waals surface area contributed by atoms with E-state index in [2.05, 4.69) is 9.72 Å². The summed E-state index contributed by atoms with van der Waals surface area (Å²) in [6, 6.07) is 1.08. The molecule has 0 radical (unpaired) electrons. The number of rotatable bonds is 5. The lowest BCUT2D eigenvalue weighted by atomic mass is 10.2. The van der Waals surface area contributed by atoms with Gasteiger partial charge in [-0.25, -0.2) is 13.2 Å². The van der Waals surface area contributed by atoms with E-state index in [-0.39, 0.29) is 10.5 Å². The second-order valence-corrected chi connectivity index (χ2v) is 5.28. The van der Waals surface area contributed by atoms with E-state index in [1.165, 1.54) is 6.92 Å². The Morgan fingerprint density at radius 3 is 2.63 bits per heavy atom. The molecular formula is C10H12N2O6S. The number of hydrogen-bond acceptors (Lipinski definition) is 6. The van der Waals surface area contributed by atoms with Gasteiger partial charge >= 0.3 is 11.9 Å². The molecule has 0 aliphatic carbocycles. The number of esters is 1. The Morgan fingerprint density at radius 2 is 2.11 bits per heavy atom. The molecule has 0 fully saturated rings. The van der Waals surface area contributed by atoms with Crippen molar-refractivity contribution in [2.24, 2.45) is 0 Å². The van der Waals surface area contributed by atoms with Crippen LogP contribution in [0.5, 0.6) is 0 Å². The molecule has 1 aromatic rings. The molecule has 8 nitrogen and oxygen atoms in total. The number of ether oxygens (including phenoxy) is 1. The summed E-state index contributed by atoms with van der Waals surface area (Å²) in [5.74, 6) is -2.04. The van der Waals surface area contributed by atoms with E-state index in [1.54, 1.807) is 0 Å². The van der Waals surface area contributed by atoms with E-state index in [1.807, 2.05) is 4.72 Å². The number of carbonyl (C=O) groups excluding carboxylic acids is 1. The molecule has 0 saturated heterocycles. The Bertz CT molecular complexity index is 610. The molecule has 0 spiro atoms. The number of carboxylic acids is 1. The first-order chi connectivity index (χ1) is 8.77. The second kappa shape index (κ2) is 5.76. The van der Waals surface area contributed by atoms with Gasteiger partial charge in [0.1, 0.15) is 11.4 Å². The predicted molar refractivity (Wildman–Crippen MR) is 63.1 cm³/mol. The predicted octanol–water partition coefficient (Wildman–Crippen LogP) is -0.460. The number of carboxylic acid groups (broad SMARTS) is 1. The molecule has 1 aromatic heterocycles. The Hall–Kier alpha value is -2.00. The molecule has 104 valence electrons. The van der Waals surface area contributed by atoms with E-state index in [9.17, 15) is 18.0 Å². The lowest BCUT2D eigenvalue weighted by Crippen LogP contribution is -2.29. The van der Waals surface area contributed by atoms with Gasteiger partial charge in [-0.1, -0.05) is 0 Å². The van der Waals surface area contributed by atoms with Crippen molar-refractivity contribution >= 4 is 22.0 Å². The standard InChI is InChI=1S/C10H12N2O6S/c1-6-8(10(15)18-2)3-7(4-11-6)19(16,17)12-5-9(13)14/h3-4,12H,5H2,1-2H3,(H,13,14). The molecule has 0 atom stereocenters. The highest BCUT2D eigenvalue weighted by Gasteiger charge is 2.19. The number of nitrogens with one attached hydrogen (secondary N) is 1. The van der Waals surface area contributed by atoms with Gasteiger partial charge in [0.15, 0.2) is 0 Å². The molecule has 0 unspecified atom stereocenters. The number of aromatic nitrogens is 1. The molecule has 9 heteroatoms. The smallest absolute Gasteiger partial charge is 0.339 e. The van der Waals surface area contributed by atoms with Crippen molar-refractivity contribution in [3.8, 4) is 0 Å². The van der Waals surface area contributed by atoms with Gasteiger partial charge in [-0.15, -0.1) is 0 Å². The van der Waals surface area contributed by atoms with Crippen molar-refractivity contribution in [3.63, 3.8) is 0 Å². The second-order valence-electron chi connectivity index (χ2n) is 3.51. The van der Waals surface area contributed by atoms with Gasteiger partial charge in [0, 0.05) is 6.20 Å². The molecule has 0 aromatic carbocycles. The maximum Gasteiger partial charge on any atom is 0.339 e. The summed E-state index contributed by atoms with van der Waals surface area (Å²) >= 11 is 0. The summed E-state index contributed by atoms with van der Waals surface area (Å²) < 4.78 is 29.8. The van der Waals surface area contributed by atoms with Gasteiger partial charge in [-0.2, -0.15) is 4.72 Å². The van der Waals surface area contributed by atoms with E-state index in [0.717, 1.165) is 19.4 Å². The quantitative estimate of drug-likeness (QED) is 0.703. The summed E-state index contributed by atoms with van der Waals surface area (Å²) in [6.07, 6.45) is 1.03. The molecule has 0 aliphatic heterocycles. The zero-order chi connectivity index (χ0) is 14.6. The first-order valence-corrected chi connectivity index (χ1v) is 6.52. The number of nitrogens with zero attached hydrogens (tertiary/aromatic N) is 1. The number of aliphatic carboxylic acids is 1. The van der Waals surface area contributed by atoms with Crippen LogP contribution in [-0.2, 0) is 19.6 Å². The fraction of sp³-hybridized carbons (Fsp3) is 0.300. The van der Waals surface area contributed by atoms with Gasteiger partial charge in [0.25, 0.3) is 0 Å². The third-order valence-corrected chi connectivity index (χ3v) is 3.56. The number of aryl methyl sites for hydroxylation is 1. The number of pyridine rings is 1. The minimum Gasteiger partial charge on any atom is -0.480 e. The number of carbonyl (C=O) groups is 2. The topological polar surface area (TPSA) is 123 Å². The summed E-state index contributed by atoms with van der Waals surface area (Å²) in [7, 11) is -2.88. The van der Waals surface area contributed by atoms with Crippen LogP contribution in [0.4, 0.5) is 0 Å². The largest absolute Gasteiger partial charge is 0.480 e. The Morgan fingerprint density at radius 1 is 1.47 bits per heavy atom. The average Bonchev–Trinajstić information content (AvgIpc) is 2.36. The van der Waals surface area contributed by atoms with E-state index in [0.29, 0.717) is 5.69 Å². The summed E-state index contributed by atoms with van der Waals surface area (Å²) in [5, 5.41) is 8.43. The third-order valence-electron chi connectivity index (χ3n) is 2.19. The van der Waals surface area contributed by atoms with E-state index in [4.69, 9.17) is 5.11 Å². The lowest BCUT2D eigenvalue weighted by molar-refractivity contribution is -0.135. The van der Waals surface area contributed by atoms with Crippen LogP contribution in [0.15, 0.2) is 17.2 Å². The molecule has 1 heterocycles. The first-order valence-electron chi connectivity index (χ1n) is 5.04. The Balaban J connectivity index is 3.15. The zero-order valence-corrected chi connectivity index (χ0v) is 11.0. The van der Waals surface area contributed by atoms with E-state index >= 15 is 0 Å². The monoisotopic (exact) mass is 288 g/mol. The summed E-state index contributed by atoms with van der Waals surface area (Å²) in [5.41, 5.74) is 0.310. The van der Waals surface area contributed by atoms with Gasteiger partial charge in [0.05, 0.1) is 18.4 Å². The lowest BCUT2D eigenvalue weighted by Gasteiger charge is -2.07. The minimum atomic E-state index is -4.04.